The van der Waals surface area contributed by atoms with Crippen molar-refractivity contribution in [2.24, 2.45) is 0 Å². The Labute approximate surface area is 95.1 Å². The van der Waals surface area contributed by atoms with Crippen molar-refractivity contribution >= 4 is 11.3 Å². The lowest BCUT2D eigenvalue weighted by Gasteiger charge is -2.39. The van der Waals surface area contributed by atoms with E-state index < -0.39 is 0 Å². The van der Waals surface area contributed by atoms with Crippen molar-refractivity contribution in [3.63, 3.8) is 0 Å². The molecule has 0 amide bonds. The van der Waals surface area contributed by atoms with Crippen LogP contribution in [0.3, 0.4) is 0 Å². The molecular weight excluding hydrogens is 204 g/mol. The van der Waals surface area contributed by atoms with Gasteiger partial charge in [0, 0.05) is 29.1 Å². The van der Waals surface area contributed by atoms with Gasteiger partial charge in [0.05, 0.1) is 5.01 Å². The molecule has 1 aromatic heterocycles. The highest BCUT2D eigenvalue weighted by atomic mass is 32.1. The Bertz CT molecular complexity index is 350. The molecule has 0 unspecified atom stereocenters. The predicted octanol–water partition coefficient (Wildman–Crippen LogP) is 3.05. The van der Waals surface area contributed by atoms with Gasteiger partial charge in [-0.3, -0.25) is 0 Å². The molecule has 2 aliphatic carbocycles. The zero-order valence-electron chi connectivity index (χ0n) is 9.25. The number of hydrogen-bond donors (Lipinski definition) is 1. The van der Waals surface area contributed by atoms with Crippen molar-refractivity contribution in [1.29, 1.82) is 0 Å². The largest absolute Gasteiger partial charge is 0.307 e. The summed E-state index contributed by atoms with van der Waals surface area (Å²) in [5, 5.41) is 5.02. The minimum Gasteiger partial charge on any atom is -0.307 e. The van der Waals surface area contributed by atoms with Crippen LogP contribution in [-0.4, -0.2) is 10.5 Å². The number of thiazole rings is 1. The van der Waals surface area contributed by atoms with Crippen LogP contribution in [0.15, 0.2) is 6.20 Å². The lowest BCUT2D eigenvalue weighted by Crippen LogP contribution is -2.47. The zero-order chi connectivity index (χ0) is 10.3. The second-order valence-corrected chi connectivity index (χ2v) is 6.35. The number of aromatic nitrogens is 1. The number of hydrogen-bond acceptors (Lipinski definition) is 3. The molecule has 0 saturated heterocycles. The fourth-order valence-corrected chi connectivity index (χ4v) is 3.13. The van der Waals surface area contributed by atoms with E-state index in [2.05, 4.69) is 23.4 Å². The summed E-state index contributed by atoms with van der Waals surface area (Å²) in [7, 11) is 0. The maximum Gasteiger partial charge on any atom is 0.0959 e. The van der Waals surface area contributed by atoms with Crippen LogP contribution in [0.5, 0.6) is 0 Å². The predicted molar refractivity (Wildman–Crippen MR) is 63.2 cm³/mol. The maximum absolute atomic E-state index is 4.50. The second kappa shape index (κ2) is 3.56. The summed E-state index contributed by atoms with van der Waals surface area (Å²) >= 11 is 1.91. The van der Waals surface area contributed by atoms with Crippen molar-refractivity contribution < 1.29 is 0 Å². The topological polar surface area (TPSA) is 24.9 Å². The first-order valence-electron chi connectivity index (χ1n) is 5.95. The third-order valence-corrected chi connectivity index (χ3v) is 4.80. The standard InChI is InChI=1S/C12H18N2S/c1-12(5-2-6-12)14-8-10-7-13-11(15-10)9-3-4-9/h7,9,14H,2-6,8H2,1H3. The van der Waals surface area contributed by atoms with Gasteiger partial charge in [0.15, 0.2) is 0 Å². The smallest absolute Gasteiger partial charge is 0.0959 e. The Hall–Kier alpha value is -0.410. The quantitative estimate of drug-likeness (QED) is 0.847. The Morgan fingerprint density at radius 3 is 2.93 bits per heavy atom. The second-order valence-electron chi connectivity index (χ2n) is 5.21. The van der Waals surface area contributed by atoms with Gasteiger partial charge in [-0.15, -0.1) is 11.3 Å². The monoisotopic (exact) mass is 222 g/mol. The molecule has 2 saturated carbocycles. The van der Waals surface area contributed by atoms with Crippen LogP contribution in [0.4, 0.5) is 0 Å². The summed E-state index contributed by atoms with van der Waals surface area (Å²) in [6.07, 6.45) is 8.84. The lowest BCUT2D eigenvalue weighted by molar-refractivity contribution is 0.207. The first-order chi connectivity index (χ1) is 7.25. The van der Waals surface area contributed by atoms with E-state index in [1.165, 1.54) is 42.0 Å². The van der Waals surface area contributed by atoms with Crippen molar-refractivity contribution in [3.05, 3.63) is 16.1 Å². The van der Waals surface area contributed by atoms with Gasteiger partial charge in [0.1, 0.15) is 0 Å². The van der Waals surface area contributed by atoms with Crippen molar-refractivity contribution in [1.82, 2.24) is 10.3 Å². The molecule has 0 spiro atoms. The van der Waals surface area contributed by atoms with E-state index in [-0.39, 0.29) is 0 Å². The van der Waals surface area contributed by atoms with Gasteiger partial charge in [-0.2, -0.15) is 0 Å². The summed E-state index contributed by atoms with van der Waals surface area (Å²) < 4.78 is 0. The first-order valence-corrected chi connectivity index (χ1v) is 6.76. The maximum atomic E-state index is 4.50. The van der Waals surface area contributed by atoms with Crippen LogP contribution in [0.1, 0.15) is 54.8 Å². The van der Waals surface area contributed by atoms with Gasteiger partial charge in [-0.1, -0.05) is 0 Å². The van der Waals surface area contributed by atoms with E-state index in [4.69, 9.17) is 0 Å². The van der Waals surface area contributed by atoms with Gasteiger partial charge in [-0.25, -0.2) is 4.98 Å². The SMILES string of the molecule is CC1(NCc2cnc(C3CC3)s2)CCC1. The third kappa shape index (κ3) is 2.08. The van der Waals surface area contributed by atoms with Gasteiger partial charge in [-0.05, 0) is 39.0 Å². The molecule has 2 aliphatic rings. The Kier molecular flexibility index (Phi) is 2.33. The zero-order valence-corrected chi connectivity index (χ0v) is 10.1. The molecule has 3 rings (SSSR count). The summed E-state index contributed by atoms with van der Waals surface area (Å²) in [5.74, 6) is 0.808. The highest BCUT2D eigenvalue weighted by molar-refractivity contribution is 7.11. The molecule has 2 fully saturated rings. The minimum absolute atomic E-state index is 0.420. The highest BCUT2D eigenvalue weighted by Crippen LogP contribution is 2.41. The average Bonchev–Trinajstić information content (AvgIpc) is 2.93. The molecule has 0 radical (unpaired) electrons. The Morgan fingerprint density at radius 2 is 2.33 bits per heavy atom. The Morgan fingerprint density at radius 1 is 1.53 bits per heavy atom. The van der Waals surface area contributed by atoms with Crippen molar-refractivity contribution in [2.45, 2.75) is 57.0 Å². The molecule has 1 aromatic rings. The van der Waals surface area contributed by atoms with E-state index in [1.807, 2.05) is 11.3 Å². The van der Waals surface area contributed by atoms with E-state index in [0.717, 1.165) is 12.5 Å². The molecular formula is C12H18N2S. The molecule has 82 valence electrons. The number of rotatable bonds is 4. The summed E-state index contributed by atoms with van der Waals surface area (Å²) in [6, 6.07) is 0. The molecule has 1 N–H and O–H groups in total. The van der Waals surface area contributed by atoms with Crippen LogP contribution in [-0.2, 0) is 6.54 Å². The summed E-state index contributed by atoms with van der Waals surface area (Å²) in [5.41, 5.74) is 0.420. The average molecular weight is 222 g/mol. The van der Waals surface area contributed by atoms with Crippen LogP contribution in [0.25, 0.3) is 0 Å². The van der Waals surface area contributed by atoms with Gasteiger partial charge in [0.25, 0.3) is 0 Å². The van der Waals surface area contributed by atoms with Gasteiger partial charge in [0.2, 0.25) is 0 Å². The molecule has 0 aromatic carbocycles. The molecule has 15 heavy (non-hydrogen) atoms. The molecule has 3 heteroatoms. The number of nitrogens with zero attached hydrogens (tertiary/aromatic N) is 1. The summed E-state index contributed by atoms with van der Waals surface area (Å²) in [4.78, 5) is 5.91. The minimum atomic E-state index is 0.420. The Balaban J connectivity index is 1.56. The fraction of sp³-hybridized carbons (Fsp3) is 0.750. The van der Waals surface area contributed by atoms with Crippen LogP contribution in [0, 0.1) is 0 Å². The fourth-order valence-electron chi connectivity index (χ4n) is 2.11. The van der Waals surface area contributed by atoms with E-state index in [1.54, 1.807) is 0 Å². The molecule has 1 heterocycles. The van der Waals surface area contributed by atoms with Crippen molar-refractivity contribution in [3.8, 4) is 0 Å². The van der Waals surface area contributed by atoms with Crippen LogP contribution in [0.2, 0.25) is 0 Å². The van der Waals surface area contributed by atoms with Crippen molar-refractivity contribution in [2.75, 3.05) is 0 Å². The van der Waals surface area contributed by atoms with Crippen LogP contribution >= 0.6 is 11.3 Å². The normalized spacial score (nSPS) is 23.8. The van der Waals surface area contributed by atoms with Crippen LogP contribution < -0.4 is 5.32 Å². The number of nitrogens with one attached hydrogen (secondary N) is 1. The molecule has 0 aliphatic heterocycles. The molecule has 0 atom stereocenters. The highest BCUT2D eigenvalue weighted by Gasteiger charge is 2.31. The van der Waals surface area contributed by atoms with Gasteiger partial charge >= 0.3 is 0 Å². The van der Waals surface area contributed by atoms with E-state index >= 15 is 0 Å². The lowest BCUT2D eigenvalue weighted by atomic mass is 9.78. The summed E-state index contributed by atoms with van der Waals surface area (Å²) in [6.45, 7) is 3.35. The first kappa shape index (κ1) is 9.79. The third-order valence-electron chi connectivity index (χ3n) is 3.64. The van der Waals surface area contributed by atoms with E-state index in [0.29, 0.717) is 5.54 Å². The van der Waals surface area contributed by atoms with Gasteiger partial charge < -0.3 is 5.32 Å². The van der Waals surface area contributed by atoms with E-state index in [9.17, 15) is 0 Å². The molecule has 0 bridgehead atoms. The molecule has 2 nitrogen and oxygen atoms in total.